The number of aromatic nitrogens is 1. The van der Waals surface area contributed by atoms with E-state index in [4.69, 9.17) is 5.21 Å². The molecule has 1 aromatic carbocycles. The lowest BCUT2D eigenvalue weighted by Crippen LogP contribution is -2.49. The fraction of sp³-hybridized carbons (Fsp3) is 0.316. The second kappa shape index (κ2) is 8.58. The van der Waals surface area contributed by atoms with Gasteiger partial charge in [-0.2, -0.15) is 0 Å². The first kappa shape index (κ1) is 22.3. The molecule has 156 valence electrons. The van der Waals surface area contributed by atoms with Crippen molar-refractivity contribution >= 4 is 27.3 Å². The quantitative estimate of drug-likeness (QED) is 0.454. The summed E-state index contributed by atoms with van der Waals surface area (Å²) in [6, 6.07) is 10.1. The number of anilines is 1. The van der Waals surface area contributed by atoms with E-state index in [1.54, 1.807) is 30.3 Å². The van der Waals surface area contributed by atoms with Crippen LogP contribution < -0.4 is 16.4 Å². The summed E-state index contributed by atoms with van der Waals surface area (Å²) >= 11 is 0. The highest BCUT2D eigenvalue weighted by Crippen LogP contribution is 2.23. The van der Waals surface area contributed by atoms with Crippen LogP contribution in [0.1, 0.15) is 20.3 Å². The molecule has 0 radical (unpaired) electrons. The number of rotatable bonds is 7. The molecule has 0 saturated carbocycles. The first-order valence-electron chi connectivity index (χ1n) is 8.70. The summed E-state index contributed by atoms with van der Waals surface area (Å²) in [6.07, 6.45) is 2.20. The maximum Gasteiger partial charge on any atom is 0.264 e. The van der Waals surface area contributed by atoms with Gasteiger partial charge in [0.25, 0.3) is 11.5 Å². The van der Waals surface area contributed by atoms with E-state index in [0.717, 1.165) is 11.8 Å². The van der Waals surface area contributed by atoms with Crippen molar-refractivity contribution in [2.24, 2.45) is 0 Å². The molecular formula is C19H23N3O6S. The summed E-state index contributed by atoms with van der Waals surface area (Å²) < 4.78 is 23.4. The van der Waals surface area contributed by atoms with Gasteiger partial charge in [0.05, 0.1) is 0 Å². The van der Waals surface area contributed by atoms with Gasteiger partial charge in [-0.3, -0.25) is 19.6 Å². The molecule has 0 saturated heterocycles. The molecule has 0 aliphatic carbocycles. The number of amides is 2. The van der Waals surface area contributed by atoms with E-state index in [9.17, 15) is 22.8 Å². The van der Waals surface area contributed by atoms with E-state index in [1.807, 2.05) is 0 Å². The third kappa shape index (κ3) is 5.09. The minimum Gasteiger partial charge on any atom is -0.326 e. The Morgan fingerprint density at radius 1 is 1.17 bits per heavy atom. The lowest BCUT2D eigenvalue weighted by Gasteiger charge is -2.25. The molecule has 0 aliphatic heterocycles. The number of pyridine rings is 1. The van der Waals surface area contributed by atoms with Gasteiger partial charge in [-0.1, -0.05) is 12.1 Å². The largest absolute Gasteiger partial charge is 0.326 e. The zero-order valence-corrected chi connectivity index (χ0v) is 17.1. The predicted molar refractivity (Wildman–Crippen MR) is 108 cm³/mol. The number of carbonyl (C=O) groups is 2. The average Bonchev–Trinajstić information content (AvgIpc) is 2.64. The maximum atomic E-state index is 12.5. The Kier molecular flexibility index (Phi) is 6.60. The van der Waals surface area contributed by atoms with Crippen molar-refractivity contribution in [2.45, 2.75) is 31.6 Å². The van der Waals surface area contributed by atoms with Gasteiger partial charge in [0.15, 0.2) is 14.6 Å². The second-order valence-electron chi connectivity index (χ2n) is 6.90. The van der Waals surface area contributed by atoms with Gasteiger partial charge in [0.1, 0.15) is 0 Å². The van der Waals surface area contributed by atoms with Crippen molar-refractivity contribution < 1.29 is 23.2 Å². The zero-order chi connectivity index (χ0) is 21.8. The van der Waals surface area contributed by atoms with Crippen LogP contribution in [-0.2, 0) is 26.0 Å². The number of benzene rings is 1. The summed E-state index contributed by atoms with van der Waals surface area (Å²) in [7, 11) is -3.85. The average molecular weight is 421 g/mol. The molecule has 3 N–H and O–H groups in total. The van der Waals surface area contributed by atoms with Crippen molar-refractivity contribution in [2.75, 3.05) is 11.6 Å². The van der Waals surface area contributed by atoms with Crippen LogP contribution in [0, 0.1) is 0 Å². The number of nitrogens with one attached hydrogen (secondary N) is 2. The van der Waals surface area contributed by atoms with Crippen molar-refractivity contribution in [3.8, 4) is 11.1 Å². The van der Waals surface area contributed by atoms with Crippen molar-refractivity contribution in [3.63, 3.8) is 0 Å². The van der Waals surface area contributed by atoms with Crippen molar-refractivity contribution in [1.29, 1.82) is 0 Å². The van der Waals surface area contributed by atoms with E-state index >= 15 is 0 Å². The normalized spacial score (nSPS) is 13.4. The monoisotopic (exact) mass is 421 g/mol. The number of nitrogens with zero attached hydrogens (tertiary/aromatic N) is 1. The van der Waals surface area contributed by atoms with E-state index in [0.29, 0.717) is 11.3 Å². The number of hydroxylamine groups is 1. The van der Waals surface area contributed by atoms with Crippen LogP contribution in [0.3, 0.4) is 0 Å². The minimum atomic E-state index is -3.85. The molecule has 1 atom stereocenters. The van der Waals surface area contributed by atoms with Gasteiger partial charge in [0, 0.05) is 37.7 Å². The number of hydrogen-bond donors (Lipinski definition) is 3. The van der Waals surface area contributed by atoms with Crippen LogP contribution in [0.2, 0.25) is 0 Å². The van der Waals surface area contributed by atoms with Crippen LogP contribution in [0.25, 0.3) is 11.1 Å². The van der Waals surface area contributed by atoms with E-state index in [2.05, 4.69) is 5.32 Å². The standard InChI is InChI=1S/C19H23N3O6S/c1-13(23)20-16-6-4-5-14(11-16)15-7-9-22(17(24)12-15)10-8-19(2,18(25)21-26)29(3,27)28/h4-7,9,11-12,26H,8,10H2,1-3H3,(H,20,23)(H,21,25). The van der Waals surface area contributed by atoms with Crippen LogP contribution in [-0.4, -0.2) is 41.0 Å². The van der Waals surface area contributed by atoms with Gasteiger partial charge >= 0.3 is 0 Å². The molecule has 0 aliphatic rings. The SMILES string of the molecule is CC(=O)Nc1cccc(-c2ccn(CCC(C)(C(=O)NO)S(C)(=O)=O)c(=O)c2)c1. The Morgan fingerprint density at radius 2 is 1.83 bits per heavy atom. The summed E-state index contributed by atoms with van der Waals surface area (Å²) in [5.41, 5.74) is 2.94. The molecule has 29 heavy (non-hydrogen) atoms. The summed E-state index contributed by atoms with van der Waals surface area (Å²) in [4.78, 5) is 35.6. The molecule has 1 aromatic heterocycles. The topological polar surface area (TPSA) is 135 Å². The maximum absolute atomic E-state index is 12.5. The predicted octanol–water partition coefficient (Wildman–Crippen LogP) is 1.17. The third-order valence-corrected chi connectivity index (χ3v) is 6.77. The molecule has 10 heteroatoms. The molecule has 0 bridgehead atoms. The Balaban J connectivity index is 2.27. The summed E-state index contributed by atoms with van der Waals surface area (Å²) in [5, 5.41) is 11.5. The fourth-order valence-electron chi connectivity index (χ4n) is 2.77. The van der Waals surface area contributed by atoms with Crippen LogP contribution >= 0.6 is 0 Å². The molecular weight excluding hydrogens is 398 g/mol. The summed E-state index contributed by atoms with van der Waals surface area (Å²) in [6.45, 7) is 2.55. The van der Waals surface area contributed by atoms with Gasteiger partial charge in [-0.15, -0.1) is 0 Å². The molecule has 2 aromatic rings. The minimum absolute atomic E-state index is 0.0396. The molecule has 2 rings (SSSR count). The first-order valence-corrected chi connectivity index (χ1v) is 10.6. The highest BCUT2D eigenvalue weighted by molar-refractivity contribution is 7.92. The highest BCUT2D eigenvalue weighted by Gasteiger charge is 2.43. The van der Waals surface area contributed by atoms with Crippen LogP contribution in [0.15, 0.2) is 47.4 Å². The number of sulfone groups is 1. The Morgan fingerprint density at radius 3 is 2.38 bits per heavy atom. The number of aryl methyl sites for hydroxylation is 1. The first-order chi connectivity index (χ1) is 13.5. The molecule has 9 nitrogen and oxygen atoms in total. The third-order valence-electron chi connectivity index (χ3n) is 4.74. The van der Waals surface area contributed by atoms with Crippen molar-refractivity contribution in [3.05, 3.63) is 52.9 Å². The second-order valence-corrected chi connectivity index (χ2v) is 9.35. The van der Waals surface area contributed by atoms with Gasteiger partial charge in [0.2, 0.25) is 5.91 Å². The van der Waals surface area contributed by atoms with Crippen LogP contribution in [0.5, 0.6) is 0 Å². The van der Waals surface area contributed by atoms with Crippen molar-refractivity contribution in [1.82, 2.24) is 10.0 Å². The zero-order valence-electron chi connectivity index (χ0n) is 16.3. The number of carbonyl (C=O) groups excluding carboxylic acids is 2. The fourth-order valence-corrected chi connectivity index (χ4v) is 3.62. The lowest BCUT2D eigenvalue weighted by atomic mass is 10.1. The Labute approximate surface area is 168 Å². The molecule has 0 fully saturated rings. The summed E-state index contributed by atoms with van der Waals surface area (Å²) in [5.74, 6) is -1.27. The lowest BCUT2D eigenvalue weighted by molar-refractivity contribution is -0.131. The Hall–Kier alpha value is -2.98. The molecule has 1 unspecified atom stereocenters. The Bertz CT molecular complexity index is 1090. The molecule has 2 amide bonds. The van der Waals surface area contributed by atoms with Gasteiger partial charge < -0.3 is 9.88 Å². The van der Waals surface area contributed by atoms with Crippen LogP contribution in [0.4, 0.5) is 5.69 Å². The van der Waals surface area contributed by atoms with E-state index < -0.39 is 20.5 Å². The molecule has 0 spiro atoms. The molecule has 1 heterocycles. The van der Waals surface area contributed by atoms with Gasteiger partial charge in [-0.05, 0) is 42.7 Å². The highest BCUT2D eigenvalue weighted by atomic mass is 32.2. The number of hydrogen-bond acceptors (Lipinski definition) is 6. The van der Waals surface area contributed by atoms with E-state index in [1.165, 1.54) is 36.2 Å². The van der Waals surface area contributed by atoms with E-state index in [-0.39, 0.29) is 24.4 Å². The smallest absolute Gasteiger partial charge is 0.264 e. The van der Waals surface area contributed by atoms with Gasteiger partial charge in [-0.25, -0.2) is 13.9 Å².